The van der Waals surface area contributed by atoms with Crippen LogP contribution in [0.3, 0.4) is 0 Å². The van der Waals surface area contributed by atoms with Gasteiger partial charge in [0, 0.05) is 47.3 Å². The number of aryl methyl sites for hydroxylation is 2. The van der Waals surface area contributed by atoms with Gasteiger partial charge in [-0.25, -0.2) is 0 Å². The largest absolute Gasteiger partial charge is 0.351 e. The quantitative estimate of drug-likeness (QED) is 0.118. The van der Waals surface area contributed by atoms with Crippen LogP contribution in [0.2, 0.25) is 19.6 Å². The van der Waals surface area contributed by atoms with Crippen molar-refractivity contribution < 1.29 is 24.2 Å². The van der Waals surface area contributed by atoms with Crippen LogP contribution in [0.5, 0.6) is 0 Å². The van der Waals surface area contributed by atoms with Crippen molar-refractivity contribution in [2.24, 2.45) is 0 Å². The molecule has 0 saturated carbocycles. The van der Waals surface area contributed by atoms with Gasteiger partial charge in [0.15, 0.2) is 0 Å². The number of para-hydroxylation sites is 4. The van der Waals surface area contributed by atoms with E-state index in [-0.39, 0.29) is 20.1 Å². The normalized spacial score (nSPS) is 12.6. The fraction of sp³-hybridized carbons (Fsp3) is 0.208. The van der Waals surface area contributed by atoms with Gasteiger partial charge in [-0.1, -0.05) is 132 Å². The molecule has 6 heteroatoms. The molecule has 59 heavy (non-hydrogen) atoms. The summed E-state index contributed by atoms with van der Waals surface area (Å²) < 4.78 is 26.8. The molecule has 6 aromatic carbocycles. The zero-order valence-electron chi connectivity index (χ0n) is 38.1. The Kier molecular flexibility index (Phi) is 10.9. The zero-order valence-corrected chi connectivity index (χ0v) is 38.5. The molecular formula is C53H52IrN4Si-2. The molecule has 0 unspecified atom stereocenters. The van der Waals surface area contributed by atoms with E-state index in [9.17, 15) is 0 Å². The Bertz CT molecular complexity index is 2910. The molecule has 0 N–H and O–H groups in total. The van der Waals surface area contributed by atoms with Gasteiger partial charge < -0.3 is 14.1 Å². The van der Waals surface area contributed by atoms with E-state index in [1.807, 2.05) is 12.3 Å². The summed E-state index contributed by atoms with van der Waals surface area (Å²) in [6, 6.07) is 52.6. The van der Waals surface area contributed by atoms with Gasteiger partial charge in [-0.3, -0.25) is 4.98 Å². The van der Waals surface area contributed by atoms with E-state index in [1.165, 1.54) is 49.9 Å². The third-order valence-corrected chi connectivity index (χ3v) is 13.1. The minimum absolute atomic E-state index is 0. The van der Waals surface area contributed by atoms with Crippen molar-refractivity contribution in [1.82, 2.24) is 19.1 Å². The summed E-state index contributed by atoms with van der Waals surface area (Å²) in [6.07, 6.45) is 1.92. The molecule has 9 rings (SSSR count). The van der Waals surface area contributed by atoms with Crippen molar-refractivity contribution in [3.05, 3.63) is 174 Å². The third-order valence-electron chi connectivity index (χ3n) is 11.0. The van der Waals surface area contributed by atoms with Crippen LogP contribution in [0.25, 0.3) is 66.9 Å². The van der Waals surface area contributed by atoms with E-state index < -0.39 is 14.9 Å². The van der Waals surface area contributed by atoms with Crippen molar-refractivity contribution in [3.8, 4) is 34.0 Å². The second kappa shape index (κ2) is 17.1. The van der Waals surface area contributed by atoms with Crippen LogP contribution in [0.15, 0.2) is 140 Å². The summed E-state index contributed by atoms with van der Waals surface area (Å²) in [5, 5.41) is 3.80. The number of benzene rings is 6. The van der Waals surface area contributed by atoms with Gasteiger partial charge in [0.1, 0.15) is 0 Å². The van der Waals surface area contributed by atoms with Crippen LogP contribution >= 0.6 is 0 Å². The fourth-order valence-electron chi connectivity index (χ4n) is 7.96. The summed E-state index contributed by atoms with van der Waals surface area (Å²) in [5.74, 6) is 1.67. The molecule has 3 aromatic heterocycles. The molecule has 1 radical (unpaired) electrons. The number of rotatable bonds is 7. The van der Waals surface area contributed by atoms with Crippen molar-refractivity contribution in [2.75, 3.05) is 0 Å². The summed E-state index contributed by atoms with van der Waals surface area (Å²) >= 11 is 0. The molecule has 0 fully saturated rings. The van der Waals surface area contributed by atoms with E-state index in [0.29, 0.717) is 17.4 Å². The zero-order chi connectivity index (χ0) is 43.2. The molecule has 0 aliphatic rings. The number of pyridine rings is 1. The van der Waals surface area contributed by atoms with E-state index in [0.717, 1.165) is 44.9 Å². The monoisotopic (exact) mass is 968 g/mol. The van der Waals surface area contributed by atoms with Crippen LogP contribution in [0.1, 0.15) is 65.9 Å². The molecule has 4 nitrogen and oxygen atoms in total. The summed E-state index contributed by atoms with van der Waals surface area (Å²) in [5.41, 5.74) is 13.7. The molecule has 0 aliphatic heterocycles. The van der Waals surface area contributed by atoms with Crippen LogP contribution in [0.4, 0.5) is 0 Å². The van der Waals surface area contributed by atoms with Gasteiger partial charge in [-0.05, 0) is 87.6 Å². The Morgan fingerprint density at radius 3 is 1.98 bits per heavy atom. The Morgan fingerprint density at radius 1 is 0.661 bits per heavy atom. The number of imidazole rings is 1. The van der Waals surface area contributed by atoms with Crippen LogP contribution in [-0.2, 0) is 20.1 Å². The van der Waals surface area contributed by atoms with E-state index in [1.54, 1.807) is 12.1 Å². The van der Waals surface area contributed by atoms with Gasteiger partial charge in [-0.2, -0.15) is 0 Å². The first-order valence-corrected chi connectivity index (χ1v) is 23.7. The molecule has 299 valence electrons. The maximum atomic E-state index is 7.35. The molecule has 0 spiro atoms. The van der Waals surface area contributed by atoms with Crippen molar-refractivity contribution in [1.29, 1.82) is 0 Å². The van der Waals surface area contributed by atoms with Gasteiger partial charge in [0.25, 0.3) is 0 Å². The Hall–Kier alpha value is -5.39. The number of nitrogens with zero attached hydrogens (tertiary/aromatic N) is 4. The van der Waals surface area contributed by atoms with Crippen molar-refractivity contribution in [3.63, 3.8) is 0 Å². The molecule has 0 bridgehead atoms. The number of hydrogen-bond donors (Lipinski definition) is 0. The number of fused-ring (bicyclic) bond motifs is 4. The van der Waals surface area contributed by atoms with Crippen molar-refractivity contribution in [2.45, 2.75) is 72.9 Å². The first-order chi connectivity index (χ1) is 29.1. The molecule has 3 heterocycles. The third kappa shape index (κ3) is 8.15. The Labute approximate surface area is 368 Å². The minimum atomic E-state index is -2.08. The Balaban J connectivity index is 0.000000233. The maximum absolute atomic E-state index is 7.35. The topological polar surface area (TPSA) is 35.6 Å². The van der Waals surface area contributed by atoms with Crippen LogP contribution in [0, 0.1) is 25.9 Å². The summed E-state index contributed by atoms with van der Waals surface area (Å²) in [7, 11) is -1.34. The van der Waals surface area contributed by atoms with Crippen molar-refractivity contribution >= 4 is 46.1 Å². The standard InChI is InChI=1S/C38H34N3.C15H18NSi.Ir/c1-24(2)29-16-12-17-30(25(3)4)37(29)41-34-19-10-9-18-32(34)39-38(41)27-21-22-33-31(23-27)36-26(5)13-11-20-35(36)40(33)28-14-7-6-8-15-28;1-12-5-7-13(8-6-12)15-10-9-14(11-16-15)17(2,3)4;/h6-20,22-25H,1-5H3;5-7,9-11H,1-4H3;/q2*-1;/i;1D3;. The minimum Gasteiger partial charge on any atom is -0.351 e. The second-order valence-electron chi connectivity index (χ2n) is 16.8. The molecule has 0 amide bonds. The molecule has 0 saturated heterocycles. The second-order valence-corrected chi connectivity index (χ2v) is 21.9. The first kappa shape index (κ1) is 37.8. The predicted octanol–water partition coefficient (Wildman–Crippen LogP) is 13.5. The first-order valence-electron chi connectivity index (χ1n) is 21.7. The van der Waals surface area contributed by atoms with Gasteiger partial charge in [0.05, 0.1) is 24.9 Å². The fourth-order valence-corrected chi connectivity index (χ4v) is 8.99. The van der Waals surface area contributed by atoms with E-state index in [2.05, 4.69) is 190 Å². The average molecular weight is 968 g/mol. The van der Waals surface area contributed by atoms with Gasteiger partial charge in [-0.15, -0.1) is 59.2 Å². The molecular weight excluding hydrogens is 913 g/mol. The SMILES string of the molecule is Cc1cccc2c1c1cc(-c3nc4ccccc4n3-c3c(C(C)C)cccc3C(C)C)[c-]cc1n2-c1ccccc1.[2H]C([2H])([2H])c1c[c-]c(-c2ccc([Si](C)(C)C)cn2)cc1.[Ir]. The average Bonchev–Trinajstić information content (AvgIpc) is 3.80. The maximum Gasteiger partial charge on any atom is 0.0795 e. The molecule has 0 atom stereocenters. The summed E-state index contributed by atoms with van der Waals surface area (Å²) in [6.45, 7) is 16.1. The van der Waals surface area contributed by atoms with Crippen LogP contribution in [-0.4, -0.2) is 27.2 Å². The van der Waals surface area contributed by atoms with Crippen LogP contribution < -0.4 is 5.19 Å². The summed E-state index contributed by atoms with van der Waals surface area (Å²) in [4.78, 5) is 9.73. The van der Waals surface area contributed by atoms with E-state index >= 15 is 0 Å². The Morgan fingerprint density at radius 2 is 1.34 bits per heavy atom. The van der Waals surface area contributed by atoms with Gasteiger partial charge in [0.2, 0.25) is 0 Å². The van der Waals surface area contributed by atoms with E-state index in [4.69, 9.17) is 9.10 Å². The number of hydrogen-bond acceptors (Lipinski definition) is 2. The smallest absolute Gasteiger partial charge is 0.0795 e. The van der Waals surface area contributed by atoms with Gasteiger partial charge >= 0.3 is 0 Å². The number of aromatic nitrogens is 4. The molecule has 9 aromatic rings. The predicted molar refractivity (Wildman–Crippen MR) is 249 cm³/mol. The molecule has 0 aliphatic carbocycles.